The largest absolute Gasteiger partial charge is 0.341 e. The number of carbonyl (C=O) groups is 3. The predicted molar refractivity (Wildman–Crippen MR) is 116 cm³/mol. The van der Waals surface area contributed by atoms with Gasteiger partial charge in [-0.15, -0.1) is 12.6 Å². The van der Waals surface area contributed by atoms with Gasteiger partial charge in [0.15, 0.2) is 5.78 Å². The van der Waals surface area contributed by atoms with Gasteiger partial charge in [-0.05, 0) is 25.5 Å². The van der Waals surface area contributed by atoms with E-state index in [-0.39, 0.29) is 30.4 Å². The van der Waals surface area contributed by atoms with Crippen molar-refractivity contribution in [1.29, 1.82) is 0 Å². The highest BCUT2D eigenvalue weighted by atomic mass is 32.1. The van der Waals surface area contributed by atoms with E-state index in [9.17, 15) is 14.4 Å². The molecule has 0 bridgehead atoms. The van der Waals surface area contributed by atoms with Crippen LogP contribution in [0.25, 0.3) is 0 Å². The molecule has 6 heteroatoms. The highest BCUT2D eigenvalue weighted by Crippen LogP contribution is 2.17. The average Bonchev–Trinajstić information content (AvgIpc) is 2.98. The molecule has 29 heavy (non-hydrogen) atoms. The number of ketones is 1. The maximum atomic E-state index is 12.8. The van der Waals surface area contributed by atoms with Gasteiger partial charge in [-0.25, -0.2) is 0 Å². The van der Waals surface area contributed by atoms with Crippen LogP contribution in [0, 0.1) is 6.92 Å². The highest BCUT2D eigenvalue weighted by molar-refractivity contribution is 7.80. The quantitative estimate of drug-likeness (QED) is 0.605. The van der Waals surface area contributed by atoms with Crippen molar-refractivity contribution < 1.29 is 14.4 Å². The topological polar surface area (TPSA) is 57.7 Å². The molecule has 0 radical (unpaired) electrons. The molecule has 5 nitrogen and oxygen atoms in total. The Morgan fingerprint density at radius 1 is 0.862 bits per heavy atom. The Morgan fingerprint density at radius 3 is 2.24 bits per heavy atom. The molecule has 0 aromatic heterocycles. The van der Waals surface area contributed by atoms with Gasteiger partial charge in [-0.3, -0.25) is 14.4 Å². The van der Waals surface area contributed by atoms with Crippen molar-refractivity contribution in [2.24, 2.45) is 0 Å². The molecule has 0 spiro atoms. The van der Waals surface area contributed by atoms with Crippen molar-refractivity contribution in [3.63, 3.8) is 0 Å². The third-order valence-electron chi connectivity index (χ3n) is 5.21. The zero-order valence-corrected chi connectivity index (χ0v) is 17.5. The molecule has 1 aliphatic heterocycles. The molecule has 0 unspecified atom stereocenters. The normalized spacial score (nSPS) is 14.4. The Hall–Kier alpha value is -2.60. The summed E-state index contributed by atoms with van der Waals surface area (Å²) < 4.78 is 0. The molecule has 152 valence electrons. The Balaban J connectivity index is 1.53. The second-order valence-electron chi connectivity index (χ2n) is 7.33. The smallest absolute Gasteiger partial charge is 0.255 e. The lowest BCUT2D eigenvalue weighted by Gasteiger charge is -2.22. The molecule has 0 saturated carbocycles. The van der Waals surface area contributed by atoms with Crippen LogP contribution in [0.5, 0.6) is 0 Å². The summed E-state index contributed by atoms with van der Waals surface area (Å²) >= 11 is 4.37. The molecular formula is C23H26N2O3S. The maximum absolute atomic E-state index is 12.8. The van der Waals surface area contributed by atoms with E-state index < -0.39 is 0 Å². The van der Waals surface area contributed by atoms with Gasteiger partial charge in [-0.2, -0.15) is 0 Å². The van der Waals surface area contributed by atoms with E-state index in [4.69, 9.17) is 0 Å². The van der Waals surface area contributed by atoms with Gasteiger partial charge in [0.2, 0.25) is 5.91 Å². The van der Waals surface area contributed by atoms with E-state index in [1.807, 2.05) is 31.2 Å². The number of benzene rings is 2. The fraction of sp³-hybridized carbons (Fsp3) is 0.348. The van der Waals surface area contributed by atoms with E-state index >= 15 is 0 Å². The molecule has 1 saturated heterocycles. The van der Waals surface area contributed by atoms with Gasteiger partial charge in [0, 0.05) is 49.5 Å². The SMILES string of the molecule is Cc1ccc(C(=O)CCC(=O)N2CCCN(C(=O)c3ccccc3S)CC2)cc1. The van der Waals surface area contributed by atoms with Crippen molar-refractivity contribution in [2.45, 2.75) is 31.1 Å². The predicted octanol–water partition coefficient (Wildman–Crippen LogP) is 3.62. The molecule has 0 atom stereocenters. The third-order valence-corrected chi connectivity index (χ3v) is 5.60. The minimum Gasteiger partial charge on any atom is -0.341 e. The van der Waals surface area contributed by atoms with E-state index in [1.54, 1.807) is 34.1 Å². The Morgan fingerprint density at radius 2 is 1.52 bits per heavy atom. The Kier molecular flexibility index (Phi) is 7.09. The van der Waals surface area contributed by atoms with Gasteiger partial charge in [0.05, 0.1) is 5.56 Å². The molecule has 1 aliphatic rings. The van der Waals surface area contributed by atoms with Crippen LogP contribution >= 0.6 is 12.6 Å². The first kappa shape index (κ1) is 21.1. The van der Waals surface area contributed by atoms with E-state index in [0.29, 0.717) is 42.2 Å². The number of thiol groups is 1. The summed E-state index contributed by atoms with van der Waals surface area (Å²) in [6.45, 7) is 4.15. The van der Waals surface area contributed by atoms with Crippen LogP contribution in [0.1, 0.15) is 45.5 Å². The zero-order chi connectivity index (χ0) is 20.8. The molecule has 1 heterocycles. The first-order valence-electron chi connectivity index (χ1n) is 9.90. The second kappa shape index (κ2) is 9.74. The van der Waals surface area contributed by atoms with Crippen molar-refractivity contribution in [3.8, 4) is 0 Å². The van der Waals surface area contributed by atoms with Gasteiger partial charge in [0.1, 0.15) is 0 Å². The number of amides is 2. The number of aryl methyl sites for hydroxylation is 1. The number of Topliss-reactive ketones (excluding diaryl/α,β-unsaturated/α-hetero) is 1. The van der Waals surface area contributed by atoms with Gasteiger partial charge >= 0.3 is 0 Å². The monoisotopic (exact) mass is 410 g/mol. The fourth-order valence-corrected chi connectivity index (χ4v) is 3.71. The van der Waals surface area contributed by atoms with Crippen LogP contribution in [-0.4, -0.2) is 53.6 Å². The minimum absolute atomic E-state index is 0.0182. The van der Waals surface area contributed by atoms with Crippen LogP contribution in [0.3, 0.4) is 0 Å². The standard InChI is InChI=1S/C23H26N2O3S/c1-17-7-9-18(10-8-17)20(26)11-12-22(27)24-13-4-14-25(16-15-24)23(28)19-5-2-3-6-21(19)29/h2-3,5-10,29H,4,11-16H2,1H3. The number of hydrogen-bond donors (Lipinski definition) is 1. The summed E-state index contributed by atoms with van der Waals surface area (Å²) in [4.78, 5) is 41.9. The van der Waals surface area contributed by atoms with Crippen molar-refractivity contribution in [1.82, 2.24) is 9.80 Å². The molecule has 2 aromatic carbocycles. The van der Waals surface area contributed by atoms with Gasteiger partial charge in [-0.1, -0.05) is 42.0 Å². The summed E-state index contributed by atoms with van der Waals surface area (Å²) in [5.41, 5.74) is 2.32. The molecule has 2 amide bonds. The number of hydrogen-bond acceptors (Lipinski definition) is 4. The van der Waals surface area contributed by atoms with Crippen LogP contribution in [-0.2, 0) is 4.79 Å². The fourth-order valence-electron chi connectivity index (χ4n) is 3.46. The molecule has 2 aromatic rings. The minimum atomic E-state index is -0.0561. The molecule has 0 aliphatic carbocycles. The third kappa shape index (κ3) is 5.48. The molecule has 1 fully saturated rings. The van der Waals surface area contributed by atoms with Crippen LogP contribution in [0.2, 0.25) is 0 Å². The van der Waals surface area contributed by atoms with Crippen molar-refractivity contribution in [3.05, 3.63) is 65.2 Å². The summed E-state index contributed by atoms with van der Waals surface area (Å²) in [6.07, 6.45) is 1.12. The number of carbonyl (C=O) groups excluding carboxylic acids is 3. The summed E-state index contributed by atoms with van der Waals surface area (Å²) in [6, 6.07) is 14.7. The average molecular weight is 411 g/mol. The highest BCUT2D eigenvalue weighted by Gasteiger charge is 2.24. The van der Waals surface area contributed by atoms with E-state index in [2.05, 4.69) is 12.6 Å². The lowest BCUT2D eigenvalue weighted by molar-refractivity contribution is -0.131. The lowest BCUT2D eigenvalue weighted by atomic mass is 10.0. The zero-order valence-electron chi connectivity index (χ0n) is 16.6. The summed E-state index contributed by atoms with van der Waals surface area (Å²) in [7, 11) is 0. The second-order valence-corrected chi connectivity index (χ2v) is 7.81. The number of nitrogens with zero attached hydrogens (tertiary/aromatic N) is 2. The lowest BCUT2D eigenvalue weighted by Crippen LogP contribution is -2.37. The Labute approximate surface area is 177 Å². The first-order chi connectivity index (χ1) is 14.0. The van der Waals surface area contributed by atoms with E-state index in [1.165, 1.54) is 0 Å². The summed E-state index contributed by atoms with van der Waals surface area (Å²) in [5, 5.41) is 0. The molecular weight excluding hydrogens is 384 g/mol. The van der Waals surface area contributed by atoms with Crippen molar-refractivity contribution >= 4 is 30.2 Å². The van der Waals surface area contributed by atoms with Crippen LogP contribution < -0.4 is 0 Å². The Bertz CT molecular complexity index is 895. The van der Waals surface area contributed by atoms with E-state index in [0.717, 1.165) is 12.0 Å². The van der Waals surface area contributed by atoms with Gasteiger partial charge < -0.3 is 9.80 Å². The van der Waals surface area contributed by atoms with Crippen LogP contribution in [0.4, 0.5) is 0 Å². The number of rotatable bonds is 5. The summed E-state index contributed by atoms with van der Waals surface area (Å²) in [5.74, 6) is -0.107. The van der Waals surface area contributed by atoms with Gasteiger partial charge in [0.25, 0.3) is 5.91 Å². The maximum Gasteiger partial charge on any atom is 0.255 e. The van der Waals surface area contributed by atoms with Crippen LogP contribution in [0.15, 0.2) is 53.4 Å². The molecule has 0 N–H and O–H groups in total. The first-order valence-corrected chi connectivity index (χ1v) is 10.4. The molecule has 3 rings (SSSR count). The van der Waals surface area contributed by atoms with Crippen molar-refractivity contribution in [2.75, 3.05) is 26.2 Å².